The summed E-state index contributed by atoms with van der Waals surface area (Å²) in [7, 11) is 0. The molecule has 5 aromatic rings. The largest absolute Gasteiger partial charge is 0.489 e. The first-order chi connectivity index (χ1) is 15.6. The van der Waals surface area contributed by atoms with Crippen LogP contribution in [0.15, 0.2) is 47.6 Å². The Hall–Kier alpha value is -3.33. The van der Waals surface area contributed by atoms with Crippen LogP contribution in [0, 0.1) is 0 Å². The Labute approximate surface area is 192 Å². The number of benzene rings is 3. The molecule has 0 unspecified atom stereocenters. The van der Waals surface area contributed by atoms with E-state index in [1.54, 1.807) is 5.01 Å². The van der Waals surface area contributed by atoms with E-state index in [4.69, 9.17) is 33.7 Å². The lowest BCUT2D eigenvalue weighted by molar-refractivity contribution is 0.249. The number of ether oxygens (including phenoxy) is 1. The van der Waals surface area contributed by atoms with Gasteiger partial charge < -0.3 is 20.4 Å². The van der Waals surface area contributed by atoms with Crippen LogP contribution in [0.3, 0.4) is 0 Å². The van der Waals surface area contributed by atoms with Crippen molar-refractivity contribution >= 4 is 72.8 Å². The molecule has 10 heteroatoms. The molecule has 2 aromatic heterocycles. The minimum Gasteiger partial charge on any atom is -0.489 e. The maximum Gasteiger partial charge on any atom is 0.231 e. The van der Waals surface area contributed by atoms with Gasteiger partial charge in [0.05, 0.1) is 17.6 Å². The maximum absolute atomic E-state index is 6.36. The number of hydrazine groups is 2. The zero-order valence-corrected chi connectivity index (χ0v) is 18.3. The van der Waals surface area contributed by atoms with E-state index in [1.807, 2.05) is 36.4 Å². The number of hydrogen-bond donors (Lipinski definition) is 5. The van der Waals surface area contributed by atoms with E-state index in [0.29, 0.717) is 29.2 Å². The molecule has 0 fully saturated rings. The number of hydrogen-bond acceptors (Lipinski definition) is 6. The van der Waals surface area contributed by atoms with Gasteiger partial charge in [-0.15, -0.1) is 10.6 Å². The van der Waals surface area contributed by atoms with Crippen molar-refractivity contribution in [1.29, 1.82) is 0 Å². The number of H-pyrrole nitrogens is 2. The molecule has 1 aliphatic heterocycles. The number of aromatic nitrogens is 2. The van der Waals surface area contributed by atoms with Crippen LogP contribution in [0.25, 0.3) is 43.6 Å². The minimum atomic E-state index is 0.398. The highest BCUT2D eigenvalue weighted by Gasteiger charge is 2.18. The fraction of sp³-hybridized carbons (Fsp3) is 0.136. The van der Waals surface area contributed by atoms with Crippen molar-refractivity contribution in [3.8, 4) is 5.75 Å². The number of nitrogens with one attached hydrogen (secondary N) is 4. The molecule has 0 atom stereocenters. The number of nitrogens with two attached hydrogens (primary N) is 1. The molecule has 162 valence electrons. The molecular formula is C22H19Cl2N7O. The number of fused-ring (bicyclic) bond motifs is 6. The second-order valence-electron chi connectivity index (χ2n) is 7.73. The van der Waals surface area contributed by atoms with Gasteiger partial charge in [-0.1, -0.05) is 23.2 Å². The van der Waals surface area contributed by atoms with Gasteiger partial charge in [-0.2, -0.15) is 0 Å². The van der Waals surface area contributed by atoms with Crippen molar-refractivity contribution in [3.05, 3.63) is 52.5 Å². The molecule has 1 aliphatic rings. The summed E-state index contributed by atoms with van der Waals surface area (Å²) < 4.78 is 6.36. The number of nitrogens with zero attached hydrogens (tertiary/aromatic N) is 2. The van der Waals surface area contributed by atoms with Crippen molar-refractivity contribution in [3.63, 3.8) is 0 Å². The third-order valence-electron chi connectivity index (χ3n) is 5.75. The Morgan fingerprint density at radius 1 is 0.875 bits per heavy atom. The second-order valence-corrected chi connectivity index (χ2v) is 8.60. The smallest absolute Gasteiger partial charge is 0.231 e. The van der Waals surface area contributed by atoms with Gasteiger partial charge in [-0.3, -0.25) is 5.01 Å². The van der Waals surface area contributed by atoms with Crippen molar-refractivity contribution in [2.75, 3.05) is 13.2 Å². The lowest BCUT2D eigenvalue weighted by Crippen LogP contribution is -2.44. The fourth-order valence-corrected chi connectivity index (χ4v) is 4.61. The van der Waals surface area contributed by atoms with Crippen LogP contribution in [0.1, 0.15) is 6.42 Å². The Kier molecular flexibility index (Phi) is 4.46. The van der Waals surface area contributed by atoms with Gasteiger partial charge in [-0.05, 0) is 42.5 Å². The Morgan fingerprint density at radius 2 is 1.50 bits per heavy atom. The normalized spacial score (nSPS) is 14.1. The maximum atomic E-state index is 6.36. The van der Waals surface area contributed by atoms with Gasteiger partial charge in [-0.25, -0.2) is 5.53 Å². The molecule has 6 rings (SSSR count). The van der Waals surface area contributed by atoms with Gasteiger partial charge in [0.25, 0.3) is 0 Å². The van der Waals surface area contributed by atoms with Gasteiger partial charge in [0, 0.05) is 55.6 Å². The molecule has 0 bridgehead atoms. The molecule has 6 N–H and O–H groups in total. The monoisotopic (exact) mass is 467 g/mol. The first-order valence-electron chi connectivity index (χ1n) is 10.2. The molecule has 0 spiro atoms. The predicted octanol–water partition coefficient (Wildman–Crippen LogP) is 4.59. The number of halogens is 2. The van der Waals surface area contributed by atoms with Crippen LogP contribution in [0.2, 0.25) is 10.0 Å². The Balaban J connectivity index is 1.47. The molecule has 0 radical (unpaired) electrons. The number of guanidine groups is 1. The van der Waals surface area contributed by atoms with Crippen LogP contribution >= 0.6 is 23.2 Å². The lowest BCUT2D eigenvalue weighted by Gasteiger charge is -2.16. The summed E-state index contributed by atoms with van der Waals surface area (Å²) in [5.74, 6) is 1.17. The zero-order chi connectivity index (χ0) is 21.8. The van der Waals surface area contributed by atoms with Crippen LogP contribution in [-0.2, 0) is 0 Å². The van der Waals surface area contributed by atoms with Gasteiger partial charge >= 0.3 is 0 Å². The SMILES string of the molecule is NC1=NNNN1CCCOc1c2[nH]c3ccc(Cl)cc3c2cc2c1[nH]c1ccc(Cl)cc12. The van der Waals surface area contributed by atoms with Crippen molar-refractivity contribution in [1.82, 2.24) is 26.0 Å². The van der Waals surface area contributed by atoms with Crippen LogP contribution in [-0.4, -0.2) is 34.1 Å². The average Bonchev–Trinajstić information content (AvgIpc) is 3.46. The molecular weight excluding hydrogens is 449 g/mol. The number of hydrazone groups is 1. The fourth-order valence-electron chi connectivity index (χ4n) is 4.27. The van der Waals surface area contributed by atoms with E-state index in [0.717, 1.165) is 55.8 Å². The quantitative estimate of drug-likeness (QED) is 0.243. The van der Waals surface area contributed by atoms with Crippen LogP contribution in [0.4, 0.5) is 0 Å². The van der Waals surface area contributed by atoms with Crippen molar-refractivity contribution in [2.24, 2.45) is 10.8 Å². The molecule has 0 amide bonds. The summed E-state index contributed by atoms with van der Waals surface area (Å²) in [6.45, 7) is 1.14. The summed E-state index contributed by atoms with van der Waals surface area (Å²) in [6, 6.07) is 13.8. The Bertz CT molecular complexity index is 1440. The number of aromatic amines is 2. The highest BCUT2D eigenvalue weighted by Crippen LogP contribution is 2.41. The molecule has 0 saturated carbocycles. The highest BCUT2D eigenvalue weighted by molar-refractivity contribution is 6.33. The predicted molar refractivity (Wildman–Crippen MR) is 130 cm³/mol. The van der Waals surface area contributed by atoms with E-state index in [9.17, 15) is 0 Å². The molecule has 32 heavy (non-hydrogen) atoms. The lowest BCUT2D eigenvalue weighted by atomic mass is 10.1. The molecule has 8 nitrogen and oxygen atoms in total. The van der Waals surface area contributed by atoms with Crippen LogP contribution < -0.4 is 21.5 Å². The summed E-state index contributed by atoms with van der Waals surface area (Å²) in [4.78, 5) is 7.02. The van der Waals surface area contributed by atoms with E-state index in [2.05, 4.69) is 32.2 Å². The van der Waals surface area contributed by atoms with E-state index in [1.165, 1.54) is 0 Å². The van der Waals surface area contributed by atoms with E-state index >= 15 is 0 Å². The summed E-state index contributed by atoms with van der Waals surface area (Å²) in [5.41, 5.74) is 15.2. The highest BCUT2D eigenvalue weighted by atomic mass is 35.5. The van der Waals surface area contributed by atoms with E-state index in [-0.39, 0.29) is 0 Å². The topological polar surface area (TPSA) is 106 Å². The summed E-state index contributed by atoms with van der Waals surface area (Å²) >= 11 is 12.6. The summed E-state index contributed by atoms with van der Waals surface area (Å²) in [6.07, 6.45) is 0.737. The Morgan fingerprint density at radius 3 is 2.06 bits per heavy atom. The first kappa shape index (κ1) is 19.4. The standard InChI is InChI=1S/C22H19Cl2N7O/c23-11-2-4-17-13(8-11)15-10-16-14-9-12(24)3-5-18(14)27-20(16)21(19(15)26-17)32-7-1-6-31-22(25)28-29-30-31/h2-5,8-10,26-27,29-30H,1,6-7H2,(H2,25,28). The average molecular weight is 468 g/mol. The molecule has 3 aromatic carbocycles. The first-order valence-corrected chi connectivity index (χ1v) is 10.9. The van der Waals surface area contributed by atoms with Crippen molar-refractivity contribution < 1.29 is 4.74 Å². The van der Waals surface area contributed by atoms with Gasteiger partial charge in [0.15, 0.2) is 5.75 Å². The van der Waals surface area contributed by atoms with Crippen molar-refractivity contribution in [2.45, 2.75) is 6.42 Å². The molecule has 0 saturated heterocycles. The minimum absolute atomic E-state index is 0.398. The molecule has 3 heterocycles. The van der Waals surface area contributed by atoms with Gasteiger partial charge in [0.1, 0.15) is 0 Å². The third kappa shape index (κ3) is 3.07. The van der Waals surface area contributed by atoms with E-state index < -0.39 is 0 Å². The number of rotatable bonds is 5. The third-order valence-corrected chi connectivity index (χ3v) is 6.22. The summed E-state index contributed by atoms with van der Waals surface area (Å²) in [5, 5.41) is 11.2. The van der Waals surface area contributed by atoms with Gasteiger partial charge in [0.2, 0.25) is 5.96 Å². The zero-order valence-electron chi connectivity index (χ0n) is 16.8. The molecule has 0 aliphatic carbocycles. The van der Waals surface area contributed by atoms with Crippen LogP contribution in [0.5, 0.6) is 5.75 Å². The second kappa shape index (κ2) is 7.37.